The summed E-state index contributed by atoms with van der Waals surface area (Å²) in [4.78, 5) is 10.5. The van der Waals surface area contributed by atoms with Crippen molar-refractivity contribution in [3.8, 4) is 11.5 Å². The minimum atomic E-state index is -0.778. The third kappa shape index (κ3) is 4.14. The van der Waals surface area contributed by atoms with Crippen molar-refractivity contribution in [2.24, 2.45) is 0 Å². The Morgan fingerprint density at radius 3 is 2.47 bits per heavy atom. The van der Waals surface area contributed by atoms with E-state index < -0.39 is 5.97 Å². The van der Waals surface area contributed by atoms with Gasteiger partial charge in [-0.1, -0.05) is 24.3 Å². The normalized spacial score (nSPS) is 10.2. The molecule has 0 saturated heterocycles. The molecule has 0 radical (unpaired) electrons. The third-order valence-electron chi connectivity index (χ3n) is 2.78. The van der Waals surface area contributed by atoms with Gasteiger partial charge in [0.05, 0.1) is 0 Å². The SMILES string of the molecule is Cc1cccc(Oc2ccc(CCC(=O)O)cc2)c1. The second kappa shape index (κ2) is 6.05. The van der Waals surface area contributed by atoms with Crippen molar-refractivity contribution in [2.75, 3.05) is 0 Å². The number of carboxylic acid groups (broad SMARTS) is 1. The van der Waals surface area contributed by atoms with E-state index in [1.165, 1.54) is 0 Å². The van der Waals surface area contributed by atoms with Gasteiger partial charge in [-0.15, -0.1) is 0 Å². The molecule has 0 amide bonds. The molecule has 0 heterocycles. The molecule has 0 aliphatic carbocycles. The van der Waals surface area contributed by atoms with E-state index in [1.54, 1.807) is 0 Å². The van der Waals surface area contributed by atoms with Crippen LogP contribution in [0.5, 0.6) is 11.5 Å². The first-order valence-electron chi connectivity index (χ1n) is 6.19. The van der Waals surface area contributed by atoms with Crippen LogP contribution in [-0.2, 0) is 11.2 Å². The second-order valence-corrected chi connectivity index (χ2v) is 4.46. The summed E-state index contributed by atoms with van der Waals surface area (Å²) < 4.78 is 5.72. The molecule has 3 heteroatoms. The molecule has 1 N–H and O–H groups in total. The Morgan fingerprint density at radius 2 is 1.84 bits per heavy atom. The molecule has 2 aromatic carbocycles. The number of rotatable bonds is 5. The maximum atomic E-state index is 10.5. The molecule has 2 rings (SSSR count). The minimum absolute atomic E-state index is 0.151. The van der Waals surface area contributed by atoms with Crippen LogP contribution in [0.1, 0.15) is 17.5 Å². The summed E-state index contributed by atoms with van der Waals surface area (Å²) in [5.41, 5.74) is 2.15. The topological polar surface area (TPSA) is 46.5 Å². The van der Waals surface area contributed by atoms with Crippen LogP contribution in [0, 0.1) is 6.92 Å². The molecule has 0 bridgehead atoms. The zero-order valence-electron chi connectivity index (χ0n) is 10.8. The molecule has 0 aliphatic heterocycles. The van der Waals surface area contributed by atoms with Gasteiger partial charge >= 0.3 is 5.97 Å². The molecule has 0 saturated carbocycles. The van der Waals surface area contributed by atoms with Gasteiger partial charge in [0.1, 0.15) is 11.5 Å². The largest absolute Gasteiger partial charge is 0.481 e. The number of carboxylic acids is 1. The highest BCUT2D eigenvalue weighted by atomic mass is 16.5. The Balaban J connectivity index is 2.00. The lowest BCUT2D eigenvalue weighted by molar-refractivity contribution is -0.136. The molecular formula is C16H16O3. The number of ether oxygens (including phenoxy) is 1. The zero-order chi connectivity index (χ0) is 13.7. The van der Waals surface area contributed by atoms with E-state index in [4.69, 9.17) is 9.84 Å². The smallest absolute Gasteiger partial charge is 0.303 e. The first kappa shape index (κ1) is 13.1. The average Bonchev–Trinajstić information content (AvgIpc) is 2.38. The van der Waals surface area contributed by atoms with Gasteiger partial charge in [0.2, 0.25) is 0 Å². The standard InChI is InChI=1S/C16H16O3/c1-12-3-2-4-15(11-12)19-14-8-5-13(6-9-14)7-10-16(17)18/h2-6,8-9,11H,7,10H2,1H3,(H,17,18). The van der Waals surface area contributed by atoms with Gasteiger partial charge in [-0.25, -0.2) is 0 Å². The average molecular weight is 256 g/mol. The van der Waals surface area contributed by atoms with Crippen LogP contribution in [0.4, 0.5) is 0 Å². The first-order valence-corrected chi connectivity index (χ1v) is 6.19. The highest BCUT2D eigenvalue weighted by Crippen LogP contribution is 2.22. The van der Waals surface area contributed by atoms with Crippen LogP contribution in [0.3, 0.4) is 0 Å². The summed E-state index contributed by atoms with van der Waals surface area (Å²) in [6.45, 7) is 2.02. The van der Waals surface area contributed by atoms with Crippen molar-refractivity contribution in [3.05, 3.63) is 59.7 Å². The summed E-state index contributed by atoms with van der Waals surface area (Å²) >= 11 is 0. The van der Waals surface area contributed by atoms with Crippen LogP contribution in [-0.4, -0.2) is 11.1 Å². The van der Waals surface area contributed by atoms with E-state index in [0.717, 1.165) is 22.6 Å². The summed E-state index contributed by atoms with van der Waals surface area (Å²) in [7, 11) is 0. The molecule has 19 heavy (non-hydrogen) atoms. The maximum absolute atomic E-state index is 10.5. The summed E-state index contributed by atoms with van der Waals surface area (Å²) in [6, 6.07) is 15.4. The molecule has 0 spiro atoms. The summed E-state index contributed by atoms with van der Waals surface area (Å²) in [5, 5.41) is 8.63. The Bertz CT molecular complexity index is 558. The van der Waals surface area contributed by atoms with E-state index in [0.29, 0.717) is 6.42 Å². The zero-order valence-corrected chi connectivity index (χ0v) is 10.8. The highest BCUT2D eigenvalue weighted by molar-refractivity contribution is 5.67. The molecule has 0 aliphatic rings. The Hall–Kier alpha value is -2.29. The molecule has 0 fully saturated rings. The Morgan fingerprint density at radius 1 is 1.11 bits per heavy atom. The van der Waals surface area contributed by atoms with Crippen molar-refractivity contribution in [3.63, 3.8) is 0 Å². The molecular weight excluding hydrogens is 240 g/mol. The molecule has 3 nitrogen and oxygen atoms in total. The van der Waals surface area contributed by atoms with Gasteiger partial charge in [0.25, 0.3) is 0 Å². The van der Waals surface area contributed by atoms with Crippen molar-refractivity contribution in [1.82, 2.24) is 0 Å². The predicted molar refractivity (Wildman–Crippen MR) is 73.7 cm³/mol. The van der Waals surface area contributed by atoms with Crippen LogP contribution in [0.2, 0.25) is 0 Å². The van der Waals surface area contributed by atoms with Gasteiger partial charge in [0.15, 0.2) is 0 Å². The number of hydrogen-bond donors (Lipinski definition) is 1. The van der Waals surface area contributed by atoms with Crippen molar-refractivity contribution < 1.29 is 14.6 Å². The molecule has 0 unspecified atom stereocenters. The minimum Gasteiger partial charge on any atom is -0.481 e. The number of hydrogen-bond acceptors (Lipinski definition) is 2. The van der Waals surface area contributed by atoms with Crippen LogP contribution in [0.25, 0.3) is 0 Å². The molecule has 0 atom stereocenters. The molecule has 2 aromatic rings. The maximum Gasteiger partial charge on any atom is 0.303 e. The Labute approximate surface area is 112 Å². The van der Waals surface area contributed by atoms with Crippen molar-refractivity contribution in [1.29, 1.82) is 0 Å². The van der Waals surface area contributed by atoms with E-state index in [2.05, 4.69) is 0 Å². The predicted octanol–water partition coefficient (Wildman–Crippen LogP) is 3.80. The lowest BCUT2D eigenvalue weighted by Crippen LogP contribution is -1.97. The first-order chi connectivity index (χ1) is 9.13. The van der Waals surface area contributed by atoms with E-state index in [9.17, 15) is 4.79 Å². The van der Waals surface area contributed by atoms with Crippen molar-refractivity contribution in [2.45, 2.75) is 19.8 Å². The van der Waals surface area contributed by atoms with Gasteiger partial charge in [0, 0.05) is 6.42 Å². The fourth-order valence-electron chi connectivity index (χ4n) is 1.79. The van der Waals surface area contributed by atoms with Crippen LogP contribution < -0.4 is 4.74 Å². The van der Waals surface area contributed by atoms with Crippen LogP contribution >= 0.6 is 0 Å². The molecule has 98 valence electrons. The summed E-state index contributed by atoms with van der Waals surface area (Å²) in [6.07, 6.45) is 0.693. The fraction of sp³-hybridized carbons (Fsp3) is 0.188. The van der Waals surface area contributed by atoms with Crippen molar-refractivity contribution >= 4 is 5.97 Å². The van der Waals surface area contributed by atoms with E-state index in [1.807, 2.05) is 55.5 Å². The monoisotopic (exact) mass is 256 g/mol. The van der Waals surface area contributed by atoms with Gasteiger partial charge in [-0.2, -0.15) is 0 Å². The highest BCUT2D eigenvalue weighted by Gasteiger charge is 2.01. The lowest BCUT2D eigenvalue weighted by Gasteiger charge is -2.07. The summed E-state index contributed by atoms with van der Waals surface area (Å²) in [5.74, 6) is 0.781. The third-order valence-corrected chi connectivity index (χ3v) is 2.78. The van der Waals surface area contributed by atoms with Gasteiger partial charge in [-0.05, 0) is 48.7 Å². The Kier molecular flexibility index (Phi) is 4.18. The van der Waals surface area contributed by atoms with E-state index in [-0.39, 0.29) is 6.42 Å². The molecule has 0 aromatic heterocycles. The fourth-order valence-corrected chi connectivity index (χ4v) is 1.79. The number of aliphatic carboxylic acids is 1. The van der Waals surface area contributed by atoms with Gasteiger partial charge in [-0.3, -0.25) is 4.79 Å². The number of benzene rings is 2. The number of aryl methyl sites for hydroxylation is 2. The lowest BCUT2D eigenvalue weighted by atomic mass is 10.1. The van der Waals surface area contributed by atoms with Gasteiger partial charge < -0.3 is 9.84 Å². The second-order valence-electron chi connectivity index (χ2n) is 4.46. The quantitative estimate of drug-likeness (QED) is 0.885. The van der Waals surface area contributed by atoms with E-state index >= 15 is 0 Å². The number of carbonyl (C=O) groups is 1. The van der Waals surface area contributed by atoms with Crippen LogP contribution in [0.15, 0.2) is 48.5 Å².